The van der Waals surface area contributed by atoms with Gasteiger partial charge >= 0.3 is 5.97 Å². The summed E-state index contributed by atoms with van der Waals surface area (Å²) in [5.41, 5.74) is 16.0. The van der Waals surface area contributed by atoms with E-state index in [1.54, 1.807) is 13.8 Å². The van der Waals surface area contributed by atoms with Crippen molar-refractivity contribution in [1.82, 2.24) is 16.0 Å². The molecule has 5 unspecified atom stereocenters. The van der Waals surface area contributed by atoms with Crippen LogP contribution in [0.3, 0.4) is 0 Å². The number of rotatable bonds is 14. The number of nitrogens with one attached hydrogen (secondary N) is 3. The third-order valence-electron chi connectivity index (χ3n) is 4.58. The van der Waals surface area contributed by atoms with Crippen molar-refractivity contribution in [2.24, 2.45) is 28.1 Å². The Hall–Kier alpha value is -2.93. The molecule has 31 heavy (non-hydrogen) atoms. The summed E-state index contributed by atoms with van der Waals surface area (Å²) in [5, 5.41) is 26.0. The molecule has 0 aromatic rings. The minimum atomic E-state index is -1.41. The smallest absolute Gasteiger partial charge is 0.326 e. The molecule has 0 bridgehead atoms. The predicted molar refractivity (Wildman–Crippen MR) is 114 cm³/mol. The molecular formula is C18H35N7O6. The second-order valence-corrected chi connectivity index (χ2v) is 7.25. The van der Waals surface area contributed by atoms with Crippen LogP contribution in [0.15, 0.2) is 4.99 Å². The highest BCUT2D eigenvalue weighted by atomic mass is 16.4. The Morgan fingerprint density at radius 2 is 1.52 bits per heavy atom. The average molecular weight is 446 g/mol. The van der Waals surface area contributed by atoms with E-state index in [9.17, 15) is 29.4 Å². The first-order chi connectivity index (χ1) is 14.4. The van der Waals surface area contributed by atoms with Crippen LogP contribution in [0.25, 0.3) is 0 Å². The number of carboxylic acids is 1. The molecular weight excluding hydrogens is 410 g/mol. The first kappa shape index (κ1) is 28.1. The monoisotopic (exact) mass is 445 g/mol. The van der Waals surface area contributed by atoms with Crippen LogP contribution >= 0.6 is 0 Å². The Kier molecular flexibility index (Phi) is 12.8. The van der Waals surface area contributed by atoms with E-state index in [0.29, 0.717) is 12.8 Å². The van der Waals surface area contributed by atoms with Crippen LogP contribution in [0.2, 0.25) is 0 Å². The summed E-state index contributed by atoms with van der Waals surface area (Å²) in [6, 6.07) is -4.54. The number of amides is 3. The fourth-order valence-electron chi connectivity index (χ4n) is 2.48. The third kappa shape index (κ3) is 10.6. The number of aliphatic hydroxyl groups excluding tert-OH is 1. The minimum Gasteiger partial charge on any atom is -0.480 e. The molecule has 178 valence electrons. The number of carboxylic acid groups (broad SMARTS) is 1. The molecule has 0 aromatic carbocycles. The summed E-state index contributed by atoms with van der Waals surface area (Å²) in [6.07, 6.45) is 0.959. The summed E-state index contributed by atoms with van der Waals surface area (Å²) in [5.74, 6) is -3.91. The van der Waals surface area contributed by atoms with Crippen molar-refractivity contribution in [3.05, 3.63) is 0 Å². The summed E-state index contributed by atoms with van der Waals surface area (Å²) in [6.45, 7) is 4.30. The third-order valence-corrected chi connectivity index (χ3v) is 4.58. The van der Waals surface area contributed by atoms with Gasteiger partial charge in [0.25, 0.3) is 0 Å². The standard InChI is InChI=1S/C18H35N7O6/c1-4-9(2)13(17(30)31)25-16(29)12(8-26)24-15(28)11(23-14(27)10(3)19)6-5-7-22-18(20)21/h9-13,26H,4-8,19H2,1-3H3,(H,23,27)(H,24,28)(H,25,29)(H,30,31)(H4,20,21,22). The summed E-state index contributed by atoms with van der Waals surface area (Å²) >= 11 is 0. The van der Waals surface area contributed by atoms with Crippen LogP contribution in [0, 0.1) is 5.92 Å². The van der Waals surface area contributed by atoms with Gasteiger partial charge in [0.2, 0.25) is 17.7 Å². The van der Waals surface area contributed by atoms with Crippen molar-refractivity contribution < 1.29 is 29.4 Å². The Labute approximate surface area is 181 Å². The van der Waals surface area contributed by atoms with Crippen molar-refractivity contribution in [2.75, 3.05) is 13.2 Å². The maximum absolute atomic E-state index is 12.7. The van der Waals surface area contributed by atoms with Crippen molar-refractivity contribution in [1.29, 1.82) is 0 Å². The summed E-state index contributed by atoms with van der Waals surface area (Å²) < 4.78 is 0. The zero-order chi connectivity index (χ0) is 24.1. The van der Waals surface area contributed by atoms with Gasteiger partial charge in [0.05, 0.1) is 12.6 Å². The van der Waals surface area contributed by atoms with Gasteiger partial charge in [0.15, 0.2) is 5.96 Å². The molecule has 0 aliphatic rings. The van der Waals surface area contributed by atoms with Crippen LogP contribution in [0.1, 0.15) is 40.0 Å². The normalized spacial score (nSPS) is 15.5. The van der Waals surface area contributed by atoms with Gasteiger partial charge in [0.1, 0.15) is 18.1 Å². The number of nitrogens with two attached hydrogens (primary N) is 3. The Balaban J connectivity index is 5.24. The molecule has 11 N–H and O–H groups in total. The largest absolute Gasteiger partial charge is 0.480 e. The highest BCUT2D eigenvalue weighted by molar-refractivity contribution is 5.94. The topological polar surface area (TPSA) is 235 Å². The van der Waals surface area contributed by atoms with Crippen molar-refractivity contribution in [2.45, 2.75) is 64.2 Å². The number of hydrogen-bond donors (Lipinski definition) is 8. The maximum atomic E-state index is 12.7. The van der Waals surface area contributed by atoms with Gasteiger partial charge in [-0.1, -0.05) is 20.3 Å². The Morgan fingerprint density at radius 3 is 1.97 bits per heavy atom. The molecule has 5 atom stereocenters. The van der Waals surface area contributed by atoms with Gasteiger partial charge < -0.3 is 43.4 Å². The van der Waals surface area contributed by atoms with E-state index in [-0.39, 0.29) is 24.8 Å². The molecule has 0 heterocycles. The molecule has 0 saturated carbocycles. The molecule has 0 aliphatic heterocycles. The number of carbonyl (C=O) groups is 4. The zero-order valence-corrected chi connectivity index (χ0v) is 18.1. The maximum Gasteiger partial charge on any atom is 0.326 e. The number of hydrogen-bond acceptors (Lipinski definition) is 7. The van der Waals surface area contributed by atoms with E-state index in [1.807, 2.05) is 0 Å². The molecule has 0 rings (SSSR count). The fraction of sp³-hybridized carbons (Fsp3) is 0.722. The minimum absolute atomic E-state index is 0.119. The lowest BCUT2D eigenvalue weighted by Gasteiger charge is -2.25. The van der Waals surface area contributed by atoms with Crippen LogP contribution < -0.4 is 33.2 Å². The molecule has 3 amide bonds. The van der Waals surface area contributed by atoms with Crippen LogP contribution in [-0.2, 0) is 19.2 Å². The lowest BCUT2D eigenvalue weighted by Crippen LogP contribution is -2.58. The lowest BCUT2D eigenvalue weighted by atomic mass is 9.99. The average Bonchev–Trinajstić information content (AvgIpc) is 2.70. The van der Waals surface area contributed by atoms with E-state index in [2.05, 4.69) is 20.9 Å². The van der Waals surface area contributed by atoms with E-state index in [4.69, 9.17) is 17.2 Å². The molecule has 0 spiro atoms. The summed E-state index contributed by atoms with van der Waals surface area (Å²) in [7, 11) is 0. The zero-order valence-electron chi connectivity index (χ0n) is 18.1. The second kappa shape index (κ2) is 14.1. The Morgan fingerprint density at radius 1 is 0.968 bits per heavy atom. The van der Waals surface area contributed by atoms with Crippen molar-refractivity contribution in [3.8, 4) is 0 Å². The van der Waals surface area contributed by atoms with Gasteiger partial charge in [-0.2, -0.15) is 0 Å². The first-order valence-electron chi connectivity index (χ1n) is 10.00. The lowest BCUT2D eigenvalue weighted by molar-refractivity contribution is -0.144. The van der Waals surface area contributed by atoms with E-state index in [0.717, 1.165) is 0 Å². The number of aliphatic carboxylic acids is 1. The number of carbonyl (C=O) groups excluding carboxylic acids is 3. The van der Waals surface area contributed by atoms with Gasteiger partial charge in [-0.3, -0.25) is 19.4 Å². The molecule has 0 aliphatic carbocycles. The van der Waals surface area contributed by atoms with Gasteiger partial charge in [-0.25, -0.2) is 4.79 Å². The van der Waals surface area contributed by atoms with Crippen LogP contribution in [-0.4, -0.2) is 77.2 Å². The van der Waals surface area contributed by atoms with Gasteiger partial charge in [-0.05, 0) is 25.7 Å². The van der Waals surface area contributed by atoms with Gasteiger partial charge in [0, 0.05) is 6.54 Å². The van der Waals surface area contributed by atoms with Crippen molar-refractivity contribution in [3.63, 3.8) is 0 Å². The fourth-order valence-corrected chi connectivity index (χ4v) is 2.48. The van der Waals surface area contributed by atoms with Gasteiger partial charge in [-0.15, -0.1) is 0 Å². The molecule has 13 nitrogen and oxygen atoms in total. The molecule has 0 fully saturated rings. The highest BCUT2D eigenvalue weighted by Gasteiger charge is 2.31. The van der Waals surface area contributed by atoms with E-state index >= 15 is 0 Å². The van der Waals surface area contributed by atoms with Crippen LogP contribution in [0.5, 0.6) is 0 Å². The molecule has 13 heteroatoms. The van der Waals surface area contributed by atoms with Crippen molar-refractivity contribution >= 4 is 29.7 Å². The Bertz CT molecular complexity index is 651. The highest BCUT2D eigenvalue weighted by Crippen LogP contribution is 2.08. The second-order valence-electron chi connectivity index (χ2n) is 7.25. The number of nitrogens with zero attached hydrogens (tertiary/aromatic N) is 1. The SMILES string of the molecule is CCC(C)C(NC(=O)C(CO)NC(=O)C(CCCN=C(N)N)NC(=O)C(C)N)C(=O)O. The van der Waals surface area contributed by atoms with E-state index in [1.165, 1.54) is 6.92 Å². The summed E-state index contributed by atoms with van der Waals surface area (Å²) in [4.78, 5) is 52.2. The predicted octanol–water partition coefficient (Wildman–Crippen LogP) is -3.04. The number of aliphatic imine (C=N–C) groups is 1. The number of guanidine groups is 1. The molecule has 0 aromatic heterocycles. The van der Waals surface area contributed by atoms with E-state index < -0.39 is 54.5 Å². The first-order valence-corrected chi connectivity index (χ1v) is 10.00. The molecule has 0 saturated heterocycles. The quantitative estimate of drug-likeness (QED) is 0.0769. The number of aliphatic hydroxyl groups is 1. The van der Waals surface area contributed by atoms with Crippen LogP contribution in [0.4, 0.5) is 0 Å². The molecule has 0 radical (unpaired) electrons.